The molecule has 2 atom stereocenters. The highest BCUT2D eigenvalue weighted by Crippen LogP contribution is 2.29. The lowest BCUT2D eigenvalue weighted by Crippen LogP contribution is -2.37. The van der Waals surface area contributed by atoms with Gasteiger partial charge in [0, 0.05) is 12.6 Å². The number of aromatic hydroxyl groups is 1. The molecule has 0 aliphatic carbocycles. The predicted molar refractivity (Wildman–Crippen MR) is 70.8 cm³/mol. The first-order chi connectivity index (χ1) is 8.91. The maximum atomic E-state index is 11.9. The van der Waals surface area contributed by atoms with E-state index in [4.69, 9.17) is 4.74 Å². The summed E-state index contributed by atoms with van der Waals surface area (Å²) >= 11 is 0. The quantitative estimate of drug-likeness (QED) is 0.841. The van der Waals surface area contributed by atoms with Crippen molar-refractivity contribution >= 4 is 0 Å². The summed E-state index contributed by atoms with van der Waals surface area (Å²) in [5.41, 5.74) is -0.793. The molecule has 0 radical (unpaired) electrons. The largest absolute Gasteiger partial charge is 0.494 e. The summed E-state index contributed by atoms with van der Waals surface area (Å²) in [6.45, 7) is 6.11. The van der Waals surface area contributed by atoms with Crippen molar-refractivity contribution in [3.8, 4) is 5.88 Å². The van der Waals surface area contributed by atoms with E-state index in [-0.39, 0.29) is 29.5 Å². The molecule has 2 heterocycles. The summed E-state index contributed by atoms with van der Waals surface area (Å²) < 4.78 is 6.74. The molecule has 106 valence electrons. The van der Waals surface area contributed by atoms with Crippen LogP contribution in [0.4, 0.5) is 0 Å². The topological polar surface area (TPSA) is 84.3 Å². The summed E-state index contributed by atoms with van der Waals surface area (Å²) in [6.07, 6.45) is 1.35. The van der Waals surface area contributed by atoms with E-state index in [1.165, 1.54) is 4.57 Å². The average Bonchev–Trinajstić information content (AvgIpc) is 2.27. The molecule has 6 heteroatoms. The van der Waals surface area contributed by atoms with Crippen LogP contribution in [0.5, 0.6) is 5.88 Å². The van der Waals surface area contributed by atoms with Crippen LogP contribution < -0.4 is 11.2 Å². The van der Waals surface area contributed by atoms with Crippen LogP contribution in [-0.2, 0) is 4.74 Å². The van der Waals surface area contributed by atoms with Crippen LogP contribution in [0.25, 0.3) is 0 Å². The van der Waals surface area contributed by atoms with Gasteiger partial charge >= 0.3 is 5.69 Å². The lowest BCUT2D eigenvalue weighted by molar-refractivity contribution is 0.00355. The third-order valence-corrected chi connectivity index (χ3v) is 3.55. The van der Waals surface area contributed by atoms with Crippen molar-refractivity contribution in [2.45, 2.75) is 51.7 Å². The second-order valence-corrected chi connectivity index (χ2v) is 5.38. The fourth-order valence-electron chi connectivity index (χ4n) is 2.62. The Balaban J connectivity index is 2.54. The highest BCUT2D eigenvalue weighted by Gasteiger charge is 2.26. The predicted octanol–water partition coefficient (Wildman–Crippen LogP) is 1.11. The molecule has 2 rings (SSSR count). The van der Waals surface area contributed by atoms with E-state index < -0.39 is 11.2 Å². The van der Waals surface area contributed by atoms with Crippen molar-refractivity contribution in [3.05, 3.63) is 26.4 Å². The number of ether oxygens (including phenoxy) is 1. The maximum absolute atomic E-state index is 11.9. The zero-order valence-electron chi connectivity index (χ0n) is 11.5. The van der Waals surface area contributed by atoms with Gasteiger partial charge in [0.2, 0.25) is 5.88 Å². The number of H-pyrrole nitrogens is 1. The van der Waals surface area contributed by atoms with Gasteiger partial charge in [-0.1, -0.05) is 13.8 Å². The second-order valence-electron chi connectivity index (χ2n) is 5.38. The van der Waals surface area contributed by atoms with Crippen LogP contribution >= 0.6 is 0 Å². The van der Waals surface area contributed by atoms with Crippen LogP contribution in [-0.4, -0.2) is 27.4 Å². The van der Waals surface area contributed by atoms with Gasteiger partial charge in [-0.2, -0.15) is 0 Å². The number of nitrogens with zero attached hydrogens (tertiary/aromatic N) is 1. The molecule has 1 fully saturated rings. The smallest absolute Gasteiger partial charge is 0.331 e. The fourth-order valence-corrected chi connectivity index (χ4v) is 2.62. The molecule has 0 spiro atoms. The monoisotopic (exact) mass is 268 g/mol. The maximum Gasteiger partial charge on any atom is 0.331 e. The van der Waals surface area contributed by atoms with Crippen molar-refractivity contribution < 1.29 is 9.84 Å². The molecule has 1 aromatic rings. The van der Waals surface area contributed by atoms with Gasteiger partial charge in [0.15, 0.2) is 0 Å². The first-order valence-corrected chi connectivity index (χ1v) is 6.61. The van der Waals surface area contributed by atoms with E-state index in [1.54, 1.807) is 0 Å². The van der Waals surface area contributed by atoms with Crippen LogP contribution in [0.1, 0.15) is 51.1 Å². The summed E-state index contributed by atoms with van der Waals surface area (Å²) in [5, 5.41) is 10.3. The minimum atomic E-state index is -0.550. The van der Waals surface area contributed by atoms with Gasteiger partial charge < -0.3 is 9.84 Å². The number of aromatic amines is 1. The molecule has 1 aliphatic heterocycles. The Bertz CT molecular complexity index is 573. The van der Waals surface area contributed by atoms with Gasteiger partial charge in [0.25, 0.3) is 5.56 Å². The van der Waals surface area contributed by atoms with Crippen molar-refractivity contribution in [1.82, 2.24) is 9.55 Å². The van der Waals surface area contributed by atoms with E-state index in [9.17, 15) is 14.7 Å². The number of nitrogens with one attached hydrogen (secondary N) is 1. The molecule has 2 unspecified atom stereocenters. The standard InChI is InChI=1S/C13H20N2O4/c1-7(2)10-11(16)14-13(18)15(12(10)17)9-4-5-19-8(3)6-9/h7-9,17H,4-6H2,1-3H3,(H,14,16,18). The molecule has 19 heavy (non-hydrogen) atoms. The normalized spacial score (nSPS) is 23.8. The Kier molecular flexibility index (Phi) is 3.80. The molecule has 0 saturated carbocycles. The van der Waals surface area contributed by atoms with E-state index in [0.29, 0.717) is 19.4 Å². The van der Waals surface area contributed by atoms with Gasteiger partial charge in [0.05, 0.1) is 11.7 Å². The van der Waals surface area contributed by atoms with Crippen molar-refractivity contribution in [2.24, 2.45) is 0 Å². The molecule has 2 N–H and O–H groups in total. The van der Waals surface area contributed by atoms with E-state index in [1.807, 2.05) is 20.8 Å². The summed E-state index contributed by atoms with van der Waals surface area (Å²) in [4.78, 5) is 26.0. The first-order valence-electron chi connectivity index (χ1n) is 6.61. The lowest BCUT2D eigenvalue weighted by atomic mass is 10.0. The van der Waals surface area contributed by atoms with Gasteiger partial charge in [-0.25, -0.2) is 4.79 Å². The molecular formula is C13H20N2O4. The lowest BCUT2D eigenvalue weighted by Gasteiger charge is -2.29. The van der Waals surface area contributed by atoms with Crippen molar-refractivity contribution in [1.29, 1.82) is 0 Å². The first kappa shape index (κ1) is 13.9. The van der Waals surface area contributed by atoms with Crippen molar-refractivity contribution in [2.75, 3.05) is 6.61 Å². The highest BCUT2D eigenvalue weighted by atomic mass is 16.5. The SMILES string of the molecule is CC1CC(n2c(O)c(C(C)C)c(=O)[nH]c2=O)CCO1. The van der Waals surface area contributed by atoms with Crippen LogP contribution in [0, 0.1) is 0 Å². The van der Waals surface area contributed by atoms with Gasteiger partial charge in [0.1, 0.15) is 0 Å². The summed E-state index contributed by atoms with van der Waals surface area (Å²) in [6, 6.07) is -0.134. The van der Waals surface area contributed by atoms with Crippen LogP contribution in [0.3, 0.4) is 0 Å². The molecule has 1 saturated heterocycles. The number of aromatic nitrogens is 2. The zero-order chi connectivity index (χ0) is 14.2. The van der Waals surface area contributed by atoms with Crippen LogP contribution in [0.2, 0.25) is 0 Å². The van der Waals surface area contributed by atoms with E-state index in [0.717, 1.165) is 0 Å². The molecular weight excluding hydrogens is 248 g/mol. The Hall–Kier alpha value is -1.56. The Labute approximate surface area is 111 Å². The van der Waals surface area contributed by atoms with E-state index in [2.05, 4.69) is 4.98 Å². The molecule has 1 aliphatic rings. The third kappa shape index (κ3) is 2.58. The Morgan fingerprint density at radius 2 is 2.11 bits per heavy atom. The molecule has 0 aromatic carbocycles. The number of hydrogen-bond acceptors (Lipinski definition) is 4. The second kappa shape index (κ2) is 5.21. The minimum Gasteiger partial charge on any atom is -0.494 e. The Morgan fingerprint density at radius 1 is 1.42 bits per heavy atom. The van der Waals surface area contributed by atoms with Crippen molar-refractivity contribution in [3.63, 3.8) is 0 Å². The fraction of sp³-hybridized carbons (Fsp3) is 0.692. The minimum absolute atomic E-state index is 0.0412. The summed E-state index contributed by atoms with van der Waals surface area (Å²) in [5.74, 6) is -0.351. The highest BCUT2D eigenvalue weighted by molar-refractivity contribution is 5.26. The van der Waals surface area contributed by atoms with E-state index >= 15 is 0 Å². The number of rotatable bonds is 2. The van der Waals surface area contributed by atoms with Crippen LogP contribution in [0.15, 0.2) is 9.59 Å². The number of hydrogen-bond donors (Lipinski definition) is 2. The third-order valence-electron chi connectivity index (χ3n) is 3.55. The molecule has 6 nitrogen and oxygen atoms in total. The molecule has 0 bridgehead atoms. The Morgan fingerprint density at radius 3 is 2.68 bits per heavy atom. The average molecular weight is 268 g/mol. The molecule has 1 aromatic heterocycles. The van der Waals surface area contributed by atoms with Gasteiger partial charge in [-0.05, 0) is 25.7 Å². The molecule has 0 amide bonds. The zero-order valence-corrected chi connectivity index (χ0v) is 11.5. The van der Waals surface area contributed by atoms with Gasteiger partial charge in [-0.15, -0.1) is 0 Å². The van der Waals surface area contributed by atoms with Gasteiger partial charge in [-0.3, -0.25) is 14.3 Å². The summed E-state index contributed by atoms with van der Waals surface area (Å²) in [7, 11) is 0.